The lowest BCUT2D eigenvalue weighted by Crippen LogP contribution is -2.35. The fourth-order valence-electron chi connectivity index (χ4n) is 5.22. The van der Waals surface area contributed by atoms with E-state index >= 15 is 0 Å². The standard InChI is InChI=1S/C27H36FN5O3/c1-18(2)25-30-27(36-31-25)32-12-9-19(10-13-32)17-35-23-7-8-24(29-15-23)20-3-5-21(6-4-20)26(34)33-14-11-22(28)16-33/h3,7-8,15,18-19,21-22H,4-6,9-14,16-17H2,1-2H3. The molecule has 0 radical (unpaired) electrons. The summed E-state index contributed by atoms with van der Waals surface area (Å²) in [6, 6.07) is 4.60. The Morgan fingerprint density at radius 1 is 1.19 bits per heavy atom. The zero-order valence-electron chi connectivity index (χ0n) is 21.2. The maximum atomic E-state index is 13.4. The van der Waals surface area contributed by atoms with Crippen molar-refractivity contribution < 1.29 is 18.4 Å². The number of hydrogen-bond donors (Lipinski definition) is 0. The molecule has 0 saturated carbocycles. The first-order chi connectivity index (χ1) is 17.5. The molecule has 1 aliphatic carbocycles. The van der Waals surface area contributed by atoms with Gasteiger partial charge in [0.25, 0.3) is 0 Å². The number of carbonyl (C=O) groups is 1. The number of piperidine rings is 1. The molecule has 2 unspecified atom stereocenters. The summed E-state index contributed by atoms with van der Waals surface area (Å²) in [7, 11) is 0. The minimum absolute atomic E-state index is 0.0369. The number of hydrogen-bond acceptors (Lipinski definition) is 7. The molecule has 36 heavy (non-hydrogen) atoms. The van der Waals surface area contributed by atoms with Gasteiger partial charge in [0.1, 0.15) is 11.9 Å². The van der Waals surface area contributed by atoms with E-state index < -0.39 is 6.17 Å². The Bertz CT molecular complexity index is 1060. The van der Waals surface area contributed by atoms with E-state index in [1.165, 1.54) is 5.57 Å². The Hall–Kier alpha value is -2.97. The number of aromatic nitrogens is 3. The normalized spacial score (nSPS) is 23.3. The van der Waals surface area contributed by atoms with Crippen LogP contribution in [0.1, 0.15) is 69.8 Å². The first kappa shape index (κ1) is 24.7. The molecule has 2 fully saturated rings. The van der Waals surface area contributed by atoms with Gasteiger partial charge in [0.2, 0.25) is 5.91 Å². The van der Waals surface area contributed by atoms with Gasteiger partial charge < -0.3 is 19.1 Å². The molecule has 2 aromatic rings. The Kier molecular flexibility index (Phi) is 7.53. The Balaban J connectivity index is 1.06. The second kappa shape index (κ2) is 11.0. The topological polar surface area (TPSA) is 84.6 Å². The Morgan fingerprint density at radius 3 is 2.64 bits per heavy atom. The van der Waals surface area contributed by atoms with Gasteiger partial charge in [-0.3, -0.25) is 9.78 Å². The molecule has 194 valence electrons. The minimum Gasteiger partial charge on any atom is -0.492 e. The first-order valence-corrected chi connectivity index (χ1v) is 13.3. The number of nitrogens with zero attached hydrogens (tertiary/aromatic N) is 5. The second-order valence-corrected chi connectivity index (χ2v) is 10.6. The summed E-state index contributed by atoms with van der Waals surface area (Å²) in [6.07, 6.45) is 7.85. The largest absolute Gasteiger partial charge is 0.492 e. The molecule has 2 aliphatic heterocycles. The highest BCUT2D eigenvalue weighted by atomic mass is 19.1. The molecule has 8 nitrogen and oxygen atoms in total. The van der Waals surface area contributed by atoms with Crippen molar-refractivity contribution in [3.05, 3.63) is 35.9 Å². The van der Waals surface area contributed by atoms with Crippen molar-refractivity contribution >= 4 is 17.5 Å². The van der Waals surface area contributed by atoms with Gasteiger partial charge in [-0.2, -0.15) is 4.98 Å². The van der Waals surface area contributed by atoms with Gasteiger partial charge in [0.05, 0.1) is 25.0 Å². The van der Waals surface area contributed by atoms with Crippen LogP contribution in [0.15, 0.2) is 28.9 Å². The number of amides is 1. The highest BCUT2D eigenvalue weighted by molar-refractivity contribution is 5.80. The van der Waals surface area contributed by atoms with Gasteiger partial charge in [-0.1, -0.05) is 25.1 Å². The average molecular weight is 498 g/mol. The quantitative estimate of drug-likeness (QED) is 0.551. The summed E-state index contributed by atoms with van der Waals surface area (Å²) < 4.78 is 24.9. The van der Waals surface area contributed by atoms with Gasteiger partial charge in [-0.05, 0) is 62.1 Å². The number of likely N-dealkylation sites (tertiary alicyclic amines) is 1. The van der Waals surface area contributed by atoms with Crippen molar-refractivity contribution in [1.29, 1.82) is 0 Å². The molecule has 5 rings (SSSR count). The Labute approximate surface area is 211 Å². The van der Waals surface area contributed by atoms with E-state index in [0.29, 0.717) is 37.9 Å². The number of halogens is 1. The van der Waals surface area contributed by atoms with Crippen LogP contribution in [0.3, 0.4) is 0 Å². The van der Waals surface area contributed by atoms with E-state index in [0.717, 1.165) is 56.0 Å². The van der Waals surface area contributed by atoms with Gasteiger partial charge in [-0.25, -0.2) is 4.39 Å². The second-order valence-electron chi connectivity index (χ2n) is 10.6. The highest BCUT2D eigenvalue weighted by Crippen LogP contribution is 2.32. The zero-order chi connectivity index (χ0) is 25.1. The van der Waals surface area contributed by atoms with Crippen molar-refractivity contribution in [2.24, 2.45) is 11.8 Å². The van der Waals surface area contributed by atoms with Crippen molar-refractivity contribution in [3.63, 3.8) is 0 Å². The van der Waals surface area contributed by atoms with Crippen LogP contribution in [0, 0.1) is 11.8 Å². The summed E-state index contributed by atoms with van der Waals surface area (Å²) >= 11 is 0. The number of carbonyl (C=O) groups excluding carboxylic acids is 1. The molecule has 0 spiro atoms. The number of pyridine rings is 1. The van der Waals surface area contributed by atoms with Crippen LogP contribution in [-0.4, -0.2) is 64.9 Å². The molecule has 2 aromatic heterocycles. The van der Waals surface area contributed by atoms with E-state index in [1.54, 1.807) is 11.1 Å². The third kappa shape index (κ3) is 5.71. The van der Waals surface area contributed by atoms with Crippen LogP contribution in [0.2, 0.25) is 0 Å². The van der Waals surface area contributed by atoms with Crippen LogP contribution in [0.5, 0.6) is 5.75 Å². The third-order valence-electron chi connectivity index (χ3n) is 7.59. The molecule has 9 heteroatoms. The van der Waals surface area contributed by atoms with Crippen molar-refractivity contribution in [3.8, 4) is 5.75 Å². The number of allylic oxidation sites excluding steroid dienone is 2. The van der Waals surface area contributed by atoms with Crippen molar-refractivity contribution in [1.82, 2.24) is 20.0 Å². The number of ether oxygens (including phenoxy) is 1. The monoisotopic (exact) mass is 497 g/mol. The lowest BCUT2D eigenvalue weighted by Gasteiger charge is -2.30. The fourth-order valence-corrected chi connectivity index (χ4v) is 5.22. The molecular formula is C27H36FN5O3. The lowest BCUT2D eigenvalue weighted by molar-refractivity contribution is -0.134. The molecule has 0 N–H and O–H groups in total. The minimum atomic E-state index is -0.865. The van der Waals surface area contributed by atoms with E-state index in [2.05, 4.69) is 39.9 Å². The smallest absolute Gasteiger partial charge is 0.324 e. The van der Waals surface area contributed by atoms with Crippen LogP contribution in [0.4, 0.5) is 10.4 Å². The molecule has 1 amide bonds. The molecule has 0 aromatic carbocycles. The number of anilines is 1. The highest BCUT2D eigenvalue weighted by Gasteiger charge is 2.31. The molecule has 0 bridgehead atoms. The summed E-state index contributed by atoms with van der Waals surface area (Å²) in [6.45, 7) is 7.35. The van der Waals surface area contributed by atoms with Gasteiger partial charge in [0, 0.05) is 31.5 Å². The predicted molar refractivity (Wildman–Crippen MR) is 134 cm³/mol. The average Bonchev–Trinajstić information content (AvgIpc) is 3.58. The van der Waals surface area contributed by atoms with Crippen molar-refractivity contribution in [2.45, 2.75) is 64.5 Å². The Morgan fingerprint density at radius 2 is 2.03 bits per heavy atom. The van der Waals surface area contributed by atoms with Gasteiger partial charge in [-0.15, -0.1) is 0 Å². The first-order valence-electron chi connectivity index (χ1n) is 13.3. The van der Waals surface area contributed by atoms with Crippen LogP contribution in [0.25, 0.3) is 5.57 Å². The fraction of sp³-hybridized carbons (Fsp3) is 0.630. The lowest BCUT2D eigenvalue weighted by atomic mass is 9.87. The molecule has 4 heterocycles. The molecular weight excluding hydrogens is 461 g/mol. The zero-order valence-corrected chi connectivity index (χ0v) is 21.2. The van der Waals surface area contributed by atoms with Crippen LogP contribution in [-0.2, 0) is 4.79 Å². The molecule has 2 atom stereocenters. The van der Waals surface area contributed by atoms with Gasteiger partial charge >= 0.3 is 6.01 Å². The molecule has 3 aliphatic rings. The van der Waals surface area contributed by atoms with E-state index in [4.69, 9.17) is 9.26 Å². The van der Waals surface area contributed by atoms with Crippen LogP contribution < -0.4 is 9.64 Å². The predicted octanol–water partition coefficient (Wildman–Crippen LogP) is 4.64. The van der Waals surface area contributed by atoms with Crippen LogP contribution >= 0.6 is 0 Å². The summed E-state index contributed by atoms with van der Waals surface area (Å²) in [5.74, 6) is 2.33. The van der Waals surface area contributed by atoms with E-state index in [-0.39, 0.29) is 24.3 Å². The van der Waals surface area contributed by atoms with E-state index in [9.17, 15) is 9.18 Å². The molecule has 2 saturated heterocycles. The van der Waals surface area contributed by atoms with E-state index in [1.807, 2.05) is 12.1 Å². The summed E-state index contributed by atoms with van der Waals surface area (Å²) in [4.78, 5) is 25.6. The maximum absolute atomic E-state index is 13.4. The number of rotatable bonds is 7. The van der Waals surface area contributed by atoms with Gasteiger partial charge in [0.15, 0.2) is 5.82 Å². The summed E-state index contributed by atoms with van der Waals surface area (Å²) in [5.41, 5.74) is 2.11. The maximum Gasteiger partial charge on any atom is 0.324 e. The SMILES string of the molecule is CC(C)c1noc(N2CCC(COc3ccc(C4=CCC(C(=O)N5CCC(F)C5)CC4)nc3)CC2)n1. The third-order valence-corrected chi connectivity index (χ3v) is 7.59. The summed E-state index contributed by atoms with van der Waals surface area (Å²) in [5, 5.41) is 4.06. The van der Waals surface area contributed by atoms with Crippen molar-refractivity contribution in [2.75, 3.05) is 37.7 Å². The number of alkyl halides is 1.